The smallest absolute Gasteiger partial charge is 0.508 e. The molecule has 0 fully saturated rings. The van der Waals surface area contributed by atoms with Gasteiger partial charge in [0, 0.05) is 6.07 Å². The third-order valence-electron chi connectivity index (χ3n) is 2.65. The van der Waals surface area contributed by atoms with E-state index in [1.165, 1.54) is 6.07 Å². The molecular weight excluding hydrogens is 314 g/mol. The number of aromatic hydroxyl groups is 1. The van der Waals surface area contributed by atoms with Gasteiger partial charge in [-0.1, -0.05) is 12.1 Å². The molecule has 0 saturated carbocycles. The summed E-state index contributed by atoms with van der Waals surface area (Å²) in [5.74, 6) is -1.28. The van der Waals surface area contributed by atoms with Crippen molar-refractivity contribution in [3.63, 3.8) is 0 Å². The van der Waals surface area contributed by atoms with Gasteiger partial charge in [0.1, 0.15) is 11.5 Å². The second kappa shape index (κ2) is 5.43. The first-order valence-corrected chi connectivity index (χ1v) is 5.82. The summed E-state index contributed by atoms with van der Waals surface area (Å²) in [6.45, 7) is 0. The Morgan fingerprint density at radius 2 is 1.50 bits per heavy atom. The minimum atomic E-state index is -4.97. The van der Waals surface area contributed by atoms with Gasteiger partial charge in [-0.05, 0) is 35.4 Å². The maximum absolute atomic E-state index is 12.6. The van der Waals surface area contributed by atoms with Crippen LogP contribution in [0.3, 0.4) is 0 Å². The molecule has 0 aliphatic rings. The molecule has 0 amide bonds. The lowest BCUT2D eigenvalue weighted by atomic mass is 10.0. The molecule has 0 bridgehead atoms. The minimum absolute atomic E-state index is 0.00208. The molecular formula is C14H8F6O2. The van der Waals surface area contributed by atoms with Crippen LogP contribution in [0.15, 0.2) is 42.5 Å². The number of alkyl halides is 6. The van der Waals surface area contributed by atoms with Gasteiger partial charge in [0.15, 0.2) is 0 Å². The van der Waals surface area contributed by atoms with Gasteiger partial charge in [-0.3, -0.25) is 0 Å². The topological polar surface area (TPSA) is 29.5 Å². The highest BCUT2D eigenvalue weighted by Gasteiger charge is 2.32. The van der Waals surface area contributed by atoms with Crippen molar-refractivity contribution in [3.05, 3.63) is 48.0 Å². The van der Waals surface area contributed by atoms with Crippen molar-refractivity contribution in [2.45, 2.75) is 12.5 Å². The maximum atomic E-state index is 12.6. The first kappa shape index (κ1) is 16.0. The van der Waals surface area contributed by atoms with Crippen LogP contribution >= 0.6 is 0 Å². The number of benzene rings is 2. The molecule has 22 heavy (non-hydrogen) atoms. The molecule has 2 nitrogen and oxygen atoms in total. The summed E-state index contributed by atoms with van der Waals surface area (Å²) in [4.78, 5) is 0. The second-order valence-corrected chi connectivity index (χ2v) is 4.34. The Labute approximate surface area is 120 Å². The summed E-state index contributed by atoms with van der Waals surface area (Å²) in [5.41, 5.74) is -0.991. The van der Waals surface area contributed by atoms with Crippen molar-refractivity contribution in [1.29, 1.82) is 0 Å². The number of hydrogen-bond acceptors (Lipinski definition) is 2. The molecule has 0 radical (unpaired) electrons. The average molecular weight is 322 g/mol. The molecule has 2 aromatic rings. The Morgan fingerprint density at radius 1 is 0.818 bits per heavy atom. The fourth-order valence-electron chi connectivity index (χ4n) is 1.82. The molecule has 8 heteroatoms. The Bertz CT molecular complexity index is 676. The van der Waals surface area contributed by atoms with E-state index in [4.69, 9.17) is 0 Å². The lowest BCUT2D eigenvalue weighted by molar-refractivity contribution is -0.274. The molecule has 0 heterocycles. The number of ether oxygens (including phenoxy) is 1. The van der Waals surface area contributed by atoms with Crippen LogP contribution in [0.4, 0.5) is 26.3 Å². The fourth-order valence-corrected chi connectivity index (χ4v) is 1.82. The largest absolute Gasteiger partial charge is 0.573 e. The Balaban J connectivity index is 2.45. The van der Waals surface area contributed by atoms with Crippen molar-refractivity contribution in [1.82, 2.24) is 0 Å². The molecule has 1 N–H and O–H groups in total. The molecule has 0 aliphatic carbocycles. The van der Waals surface area contributed by atoms with Gasteiger partial charge < -0.3 is 9.84 Å². The van der Waals surface area contributed by atoms with Gasteiger partial charge in [-0.25, -0.2) is 0 Å². The minimum Gasteiger partial charge on any atom is -0.508 e. The van der Waals surface area contributed by atoms with Crippen molar-refractivity contribution >= 4 is 0 Å². The highest BCUT2D eigenvalue weighted by Crippen LogP contribution is 2.35. The summed E-state index contributed by atoms with van der Waals surface area (Å²) in [7, 11) is 0. The number of phenolic OH excluding ortho intramolecular Hbond substituents is 1. The number of halogens is 6. The van der Waals surface area contributed by atoms with Gasteiger partial charge in [-0.2, -0.15) is 13.2 Å². The average Bonchev–Trinajstić information content (AvgIpc) is 2.35. The van der Waals surface area contributed by atoms with Gasteiger partial charge in [0.25, 0.3) is 0 Å². The van der Waals surface area contributed by atoms with Crippen LogP contribution in [-0.2, 0) is 6.18 Å². The van der Waals surface area contributed by atoms with Crippen LogP contribution < -0.4 is 4.74 Å². The van der Waals surface area contributed by atoms with E-state index in [2.05, 4.69) is 4.74 Å². The summed E-state index contributed by atoms with van der Waals surface area (Å²) in [6, 6.07) is 6.64. The molecule has 0 aliphatic heterocycles. The zero-order valence-corrected chi connectivity index (χ0v) is 10.7. The molecule has 0 atom stereocenters. The molecule has 0 aromatic heterocycles. The van der Waals surface area contributed by atoms with Crippen LogP contribution in [-0.4, -0.2) is 11.5 Å². The quantitative estimate of drug-likeness (QED) is 0.791. The molecule has 0 unspecified atom stereocenters. The van der Waals surface area contributed by atoms with Gasteiger partial charge in [0.05, 0.1) is 5.56 Å². The highest BCUT2D eigenvalue weighted by molar-refractivity contribution is 5.68. The Kier molecular flexibility index (Phi) is 3.95. The number of rotatable bonds is 2. The summed E-state index contributed by atoms with van der Waals surface area (Å²) >= 11 is 0. The van der Waals surface area contributed by atoms with Crippen molar-refractivity contribution in [2.24, 2.45) is 0 Å². The SMILES string of the molecule is Oc1cc(OC(F)(F)F)cc(-c2cccc(C(F)(F)F)c2)c1. The second-order valence-electron chi connectivity index (χ2n) is 4.34. The molecule has 2 rings (SSSR count). The Morgan fingerprint density at radius 3 is 2.09 bits per heavy atom. The van der Waals surface area contributed by atoms with Crippen LogP contribution in [0, 0.1) is 0 Å². The van der Waals surface area contributed by atoms with Crippen LogP contribution in [0.25, 0.3) is 11.1 Å². The zero-order chi connectivity index (χ0) is 16.5. The highest BCUT2D eigenvalue weighted by atomic mass is 19.4. The van der Waals surface area contributed by atoms with Gasteiger partial charge >= 0.3 is 12.5 Å². The van der Waals surface area contributed by atoms with Crippen LogP contribution in [0.5, 0.6) is 11.5 Å². The van der Waals surface area contributed by atoms with E-state index < -0.39 is 29.6 Å². The molecule has 0 spiro atoms. The predicted octanol–water partition coefficient (Wildman–Crippen LogP) is 4.98. The first-order valence-electron chi connectivity index (χ1n) is 5.82. The van der Waals surface area contributed by atoms with Crippen LogP contribution in [0.1, 0.15) is 5.56 Å². The van der Waals surface area contributed by atoms with E-state index in [1.807, 2.05) is 0 Å². The van der Waals surface area contributed by atoms with Crippen LogP contribution in [0.2, 0.25) is 0 Å². The fraction of sp³-hybridized carbons (Fsp3) is 0.143. The van der Waals surface area contributed by atoms with E-state index in [1.54, 1.807) is 0 Å². The van der Waals surface area contributed by atoms with E-state index in [0.717, 1.165) is 30.3 Å². The van der Waals surface area contributed by atoms with E-state index in [0.29, 0.717) is 6.07 Å². The molecule has 2 aromatic carbocycles. The zero-order valence-electron chi connectivity index (χ0n) is 10.7. The standard InChI is InChI=1S/C14H8F6O2/c15-13(16,17)10-3-1-2-8(4-10)9-5-11(21)7-12(6-9)22-14(18,19)20/h1-7,21H. The predicted molar refractivity (Wildman–Crippen MR) is 65.2 cm³/mol. The van der Waals surface area contributed by atoms with E-state index in [-0.39, 0.29) is 11.1 Å². The summed E-state index contributed by atoms with van der Waals surface area (Å²) < 4.78 is 78.1. The molecule has 0 saturated heterocycles. The monoisotopic (exact) mass is 322 g/mol. The van der Waals surface area contributed by atoms with Crippen molar-refractivity contribution in [3.8, 4) is 22.6 Å². The van der Waals surface area contributed by atoms with Crippen molar-refractivity contribution in [2.75, 3.05) is 0 Å². The summed E-state index contributed by atoms with van der Waals surface area (Å²) in [5, 5.41) is 9.41. The normalized spacial score (nSPS) is 12.3. The molecule has 118 valence electrons. The third kappa shape index (κ3) is 4.06. The van der Waals surface area contributed by atoms with Gasteiger partial charge in [0.2, 0.25) is 0 Å². The number of phenols is 1. The maximum Gasteiger partial charge on any atom is 0.573 e. The number of hydrogen-bond donors (Lipinski definition) is 1. The van der Waals surface area contributed by atoms with E-state index in [9.17, 15) is 31.4 Å². The first-order chi connectivity index (χ1) is 10.0. The third-order valence-corrected chi connectivity index (χ3v) is 2.65. The summed E-state index contributed by atoms with van der Waals surface area (Å²) in [6.07, 6.45) is -9.56. The van der Waals surface area contributed by atoms with Crippen molar-refractivity contribution < 1.29 is 36.2 Å². The van der Waals surface area contributed by atoms with Gasteiger partial charge in [-0.15, -0.1) is 13.2 Å². The lowest BCUT2D eigenvalue weighted by Gasteiger charge is -2.12. The van der Waals surface area contributed by atoms with E-state index >= 15 is 0 Å². The Hall–Kier alpha value is -2.38. The lowest BCUT2D eigenvalue weighted by Crippen LogP contribution is -2.17.